The molecule has 7 heteroatoms. The van der Waals surface area contributed by atoms with Gasteiger partial charge in [-0.1, -0.05) is 23.8 Å². The molecule has 6 nitrogen and oxygen atoms in total. The molecule has 0 unspecified atom stereocenters. The van der Waals surface area contributed by atoms with Gasteiger partial charge in [-0.3, -0.25) is 0 Å². The molecule has 1 aliphatic rings. The molecule has 1 fully saturated rings. The van der Waals surface area contributed by atoms with E-state index in [2.05, 4.69) is 21.2 Å². The van der Waals surface area contributed by atoms with Crippen molar-refractivity contribution in [2.24, 2.45) is 4.36 Å². The molecule has 2 aromatic rings. The number of nitrogens with zero attached hydrogens (tertiary/aromatic N) is 4. The molecule has 134 valence electrons. The van der Waals surface area contributed by atoms with Crippen LogP contribution in [0, 0.1) is 6.92 Å². The molecule has 1 saturated heterocycles. The number of ether oxygens (including phenoxy) is 1. The number of benzene rings is 1. The first-order chi connectivity index (χ1) is 11.8. The lowest BCUT2D eigenvalue weighted by Gasteiger charge is -2.34. The predicted molar refractivity (Wildman–Crippen MR) is 102 cm³/mol. The first kappa shape index (κ1) is 17.8. The summed E-state index contributed by atoms with van der Waals surface area (Å²) in [5.74, 6) is 1.85. The van der Waals surface area contributed by atoms with Crippen LogP contribution in [0.4, 0.5) is 11.6 Å². The van der Waals surface area contributed by atoms with Gasteiger partial charge in [-0.15, -0.1) is 0 Å². The summed E-state index contributed by atoms with van der Waals surface area (Å²) < 4.78 is 22.0. The number of hydrogen-bond acceptors (Lipinski definition) is 6. The maximum atomic E-state index is 12.1. The molecular formula is C18H24N4O2S. The van der Waals surface area contributed by atoms with Crippen molar-refractivity contribution < 1.29 is 8.95 Å². The minimum Gasteiger partial charge on any atom is -0.377 e. The normalized spacial score (nSPS) is 18.2. The van der Waals surface area contributed by atoms with Crippen molar-refractivity contribution in [3.05, 3.63) is 35.9 Å². The predicted octanol–water partition coefficient (Wildman–Crippen LogP) is 3.04. The van der Waals surface area contributed by atoms with E-state index in [0.717, 1.165) is 23.5 Å². The van der Waals surface area contributed by atoms with Crippen LogP contribution in [-0.4, -0.2) is 52.5 Å². The molecule has 0 radical (unpaired) electrons. The lowest BCUT2D eigenvalue weighted by atomic mass is 10.1. The summed E-state index contributed by atoms with van der Waals surface area (Å²) in [6.07, 6.45) is 3.22. The molecule has 0 N–H and O–H groups in total. The molecule has 0 amide bonds. The Kier molecular flexibility index (Phi) is 5.06. The number of anilines is 1. The second kappa shape index (κ2) is 7.09. The number of hydrogen-bond donors (Lipinski definition) is 0. The summed E-state index contributed by atoms with van der Waals surface area (Å²) in [7, 11) is -2.30. The molecule has 1 aromatic heterocycles. The fourth-order valence-corrected chi connectivity index (χ4v) is 3.37. The van der Waals surface area contributed by atoms with E-state index in [1.165, 1.54) is 0 Å². The molecule has 25 heavy (non-hydrogen) atoms. The quantitative estimate of drug-likeness (QED) is 0.841. The molecule has 0 spiro atoms. The molecule has 2 heterocycles. The van der Waals surface area contributed by atoms with Gasteiger partial charge in [-0.25, -0.2) is 14.2 Å². The van der Waals surface area contributed by atoms with Crippen LogP contribution in [0.1, 0.15) is 12.5 Å². The Morgan fingerprint density at radius 1 is 1.28 bits per heavy atom. The first-order valence-electron chi connectivity index (χ1n) is 8.29. The molecule has 1 aromatic carbocycles. The van der Waals surface area contributed by atoms with Crippen molar-refractivity contribution in [1.82, 2.24) is 9.97 Å². The van der Waals surface area contributed by atoms with E-state index in [1.807, 2.05) is 37.3 Å². The van der Waals surface area contributed by atoms with E-state index in [0.29, 0.717) is 24.9 Å². The average molecular weight is 360 g/mol. The van der Waals surface area contributed by atoms with E-state index in [9.17, 15) is 4.21 Å². The van der Waals surface area contributed by atoms with E-state index >= 15 is 0 Å². The molecule has 1 atom stereocenters. The fraction of sp³-hybridized carbons (Fsp3) is 0.444. The van der Waals surface area contributed by atoms with E-state index in [4.69, 9.17) is 9.72 Å². The zero-order chi connectivity index (χ0) is 18.0. The highest BCUT2D eigenvalue weighted by Crippen LogP contribution is 2.27. The SMILES string of the molecule is Cc1cccc(-c2nc(N=S(C)(C)=O)cc(N3CCOC[C@H]3C)n2)c1. The van der Waals surface area contributed by atoms with Crippen molar-refractivity contribution in [3.63, 3.8) is 0 Å². The van der Waals surface area contributed by atoms with Gasteiger partial charge in [0, 0.05) is 40.4 Å². The van der Waals surface area contributed by atoms with Gasteiger partial charge in [0.15, 0.2) is 11.6 Å². The van der Waals surface area contributed by atoms with Crippen molar-refractivity contribution in [2.45, 2.75) is 19.9 Å². The second-order valence-corrected chi connectivity index (χ2v) is 9.21. The maximum absolute atomic E-state index is 12.1. The average Bonchev–Trinajstić information content (AvgIpc) is 2.53. The Labute approximate surface area is 149 Å². The van der Waals surface area contributed by atoms with Crippen LogP contribution in [0.2, 0.25) is 0 Å². The van der Waals surface area contributed by atoms with E-state index < -0.39 is 9.73 Å². The van der Waals surface area contributed by atoms with Crippen LogP contribution in [0.3, 0.4) is 0 Å². The number of aryl methyl sites for hydroxylation is 1. The van der Waals surface area contributed by atoms with Gasteiger partial charge in [0.1, 0.15) is 5.82 Å². The summed E-state index contributed by atoms with van der Waals surface area (Å²) in [4.78, 5) is 11.5. The van der Waals surface area contributed by atoms with E-state index in [1.54, 1.807) is 12.5 Å². The summed E-state index contributed by atoms with van der Waals surface area (Å²) in [6.45, 7) is 6.23. The molecule has 3 rings (SSSR count). The third-order valence-electron chi connectivity index (χ3n) is 3.95. The Hall–Kier alpha value is -1.99. The van der Waals surface area contributed by atoms with Gasteiger partial charge in [0.25, 0.3) is 0 Å². The topological polar surface area (TPSA) is 67.7 Å². The summed E-state index contributed by atoms with van der Waals surface area (Å²) >= 11 is 0. The summed E-state index contributed by atoms with van der Waals surface area (Å²) in [6, 6.07) is 10.1. The van der Waals surface area contributed by atoms with E-state index in [-0.39, 0.29) is 6.04 Å². The third kappa shape index (κ3) is 4.55. The molecule has 0 saturated carbocycles. The monoisotopic (exact) mass is 360 g/mol. The van der Waals surface area contributed by atoms with Gasteiger partial charge < -0.3 is 9.64 Å². The van der Waals surface area contributed by atoms with Crippen LogP contribution in [0.5, 0.6) is 0 Å². The number of aromatic nitrogens is 2. The first-order valence-corrected chi connectivity index (χ1v) is 10.6. The highest BCUT2D eigenvalue weighted by molar-refractivity contribution is 7.92. The van der Waals surface area contributed by atoms with Gasteiger partial charge in [-0.05, 0) is 19.9 Å². The largest absolute Gasteiger partial charge is 0.377 e. The van der Waals surface area contributed by atoms with Gasteiger partial charge in [0.05, 0.1) is 19.3 Å². The molecule has 0 aliphatic carbocycles. The van der Waals surface area contributed by atoms with Crippen LogP contribution in [0.15, 0.2) is 34.7 Å². The number of morpholine rings is 1. The number of rotatable bonds is 3. The maximum Gasteiger partial charge on any atom is 0.167 e. The van der Waals surface area contributed by atoms with Crippen molar-refractivity contribution >= 4 is 21.4 Å². The fourth-order valence-electron chi connectivity index (χ4n) is 2.82. The Morgan fingerprint density at radius 2 is 2.08 bits per heavy atom. The zero-order valence-corrected chi connectivity index (χ0v) is 15.9. The van der Waals surface area contributed by atoms with Crippen molar-refractivity contribution in [1.29, 1.82) is 0 Å². The third-order valence-corrected chi connectivity index (χ3v) is 4.58. The van der Waals surface area contributed by atoms with Crippen LogP contribution in [-0.2, 0) is 14.5 Å². The highest BCUT2D eigenvalue weighted by Gasteiger charge is 2.22. The molecule has 0 bridgehead atoms. The Bertz CT molecular complexity index is 882. The minimum absolute atomic E-state index is 0.217. The van der Waals surface area contributed by atoms with Gasteiger partial charge >= 0.3 is 0 Å². The van der Waals surface area contributed by atoms with Gasteiger partial charge in [0.2, 0.25) is 0 Å². The van der Waals surface area contributed by atoms with Crippen molar-refractivity contribution in [3.8, 4) is 11.4 Å². The van der Waals surface area contributed by atoms with Crippen LogP contribution < -0.4 is 4.90 Å². The lowest BCUT2D eigenvalue weighted by molar-refractivity contribution is 0.0985. The summed E-state index contributed by atoms with van der Waals surface area (Å²) in [5.41, 5.74) is 2.07. The lowest BCUT2D eigenvalue weighted by Crippen LogP contribution is -2.44. The van der Waals surface area contributed by atoms with Crippen LogP contribution in [0.25, 0.3) is 11.4 Å². The van der Waals surface area contributed by atoms with Crippen molar-refractivity contribution in [2.75, 3.05) is 37.2 Å². The smallest absolute Gasteiger partial charge is 0.167 e. The highest BCUT2D eigenvalue weighted by atomic mass is 32.2. The Balaban J connectivity index is 2.13. The molecule has 1 aliphatic heterocycles. The Morgan fingerprint density at radius 3 is 2.76 bits per heavy atom. The minimum atomic E-state index is -2.30. The van der Waals surface area contributed by atoms with Gasteiger partial charge in [-0.2, -0.15) is 4.36 Å². The zero-order valence-electron chi connectivity index (χ0n) is 15.1. The molecular weight excluding hydrogens is 336 g/mol. The standard InChI is InChI=1S/C18H24N4O2S/c1-13-6-5-7-15(10-13)18-19-16(21-25(3,4)23)11-17(20-18)22-8-9-24-12-14(22)2/h5-7,10-11,14H,8-9,12H2,1-4H3/t14-/m1/s1. The van der Waals surface area contributed by atoms with Crippen LogP contribution >= 0.6 is 0 Å². The second-order valence-electron chi connectivity index (χ2n) is 6.67. The summed E-state index contributed by atoms with van der Waals surface area (Å²) in [5, 5.41) is 0.